The van der Waals surface area contributed by atoms with E-state index in [4.69, 9.17) is 0 Å². The van der Waals surface area contributed by atoms with Gasteiger partial charge in [0.05, 0.1) is 6.54 Å². The average molecular weight is 329 g/mol. The van der Waals surface area contributed by atoms with Crippen molar-refractivity contribution in [3.05, 3.63) is 29.8 Å². The third-order valence-electron chi connectivity index (χ3n) is 3.34. The van der Waals surface area contributed by atoms with Gasteiger partial charge in [0.1, 0.15) is 5.75 Å². The largest absolute Gasteiger partial charge is 0.484 e. The SMILES string of the molecule is CCNC(=NCc1ccc(OCC(F)(F)F)cc1)NCC1CC1. The van der Waals surface area contributed by atoms with Crippen molar-refractivity contribution < 1.29 is 17.9 Å². The number of hydrogen-bond donors (Lipinski definition) is 2. The van der Waals surface area contributed by atoms with E-state index in [-0.39, 0.29) is 5.75 Å². The molecule has 4 nitrogen and oxygen atoms in total. The number of rotatable bonds is 7. The summed E-state index contributed by atoms with van der Waals surface area (Å²) in [5.41, 5.74) is 0.910. The molecule has 0 heterocycles. The molecule has 0 atom stereocenters. The van der Waals surface area contributed by atoms with Gasteiger partial charge in [-0.3, -0.25) is 0 Å². The van der Waals surface area contributed by atoms with Crippen LogP contribution in [-0.4, -0.2) is 31.8 Å². The molecule has 23 heavy (non-hydrogen) atoms. The molecule has 1 fully saturated rings. The van der Waals surface area contributed by atoms with Gasteiger partial charge in [0, 0.05) is 13.1 Å². The summed E-state index contributed by atoms with van der Waals surface area (Å²) in [6, 6.07) is 6.50. The van der Waals surface area contributed by atoms with Gasteiger partial charge in [0.15, 0.2) is 12.6 Å². The van der Waals surface area contributed by atoms with E-state index in [1.54, 1.807) is 12.1 Å². The lowest BCUT2D eigenvalue weighted by Crippen LogP contribution is -2.38. The molecular formula is C16H22F3N3O. The van der Waals surface area contributed by atoms with Crippen LogP contribution in [0.3, 0.4) is 0 Å². The fourth-order valence-electron chi connectivity index (χ4n) is 1.93. The average Bonchev–Trinajstić information content (AvgIpc) is 3.32. The molecule has 128 valence electrons. The lowest BCUT2D eigenvalue weighted by molar-refractivity contribution is -0.153. The van der Waals surface area contributed by atoms with E-state index >= 15 is 0 Å². The van der Waals surface area contributed by atoms with Gasteiger partial charge in [-0.05, 0) is 43.4 Å². The predicted octanol–water partition coefficient (Wildman–Crippen LogP) is 3.09. The third-order valence-corrected chi connectivity index (χ3v) is 3.34. The van der Waals surface area contributed by atoms with Crippen LogP contribution < -0.4 is 15.4 Å². The zero-order valence-electron chi connectivity index (χ0n) is 13.1. The topological polar surface area (TPSA) is 45.7 Å². The molecule has 1 aliphatic rings. The number of aliphatic imine (C=N–C) groups is 1. The number of alkyl halides is 3. The minimum absolute atomic E-state index is 0.203. The van der Waals surface area contributed by atoms with Crippen molar-refractivity contribution in [2.24, 2.45) is 10.9 Å². The number of hydrogen-bond acceptors (Lipinski definition) is 2. The molecule has 2 rings (SSSR count). The monoisotopic (exact) mass is 329 g/mol. The normalized spacial score (nSPS) is 15.4. The molecule has 0 unspecified atom stereocenters. The molecule has 0 saturated heterocycles. The fraction of sp³-hybridized carbons (Fsp3) is 0.562. The summed E-state index contributed by atoms with van der Waals surface area (Å²) in [6.45, 7) is 2.89. The fourth-order valence-corrected chi connectivity index (χ4v) is 1.93. The molecule has 0 aliphatic heterocycles. The summed E-state index contributed by atoms with van der Waals surface area (Å²) in [6.07, 6.45) is -1.78. The van der Waals surface area contributed by atoms with Crippen molar-refractivity contribution in [2.45, 2.75) is 32.5 Å². The van der Waals surface area contributed by atoms with Gasteiger partial charge in [-0.15, -0.1) is 0 Å². The highest BCUT2D eigenvalue weighted by Gasteiger charge is 2.28. The summed E-state index contributed by atoms with van der Waals surface area (Å²) < 4.78 is 40.9. The molecule has 0 radical (unpaired) electrons. The number of nitrogens with zero attached hydrogens (tertiary/aromatic N) is 1. The first-order chi connectivity index (χ1) is 11.0. The molecule has 0 bridgehead atoms. The lowest BCUT2D eigenvalue weighted by Gasteiger charge is -2.11. The van der Waals surface area contributed by atoms with Crippen molar-refractivity contribution in [2.75, 3.05) is 19.7 Å². The number of benzene rings is 1. The Morgan fingerprint density at radius 2 is 1.91 bits per heavy atom. The van der Waals surface area contributed by atoms with Gasteiger partial charge in [0.25, 0.3) is 0 Å². The zero-order valence-corrected chi connectivity index (χ0v) is 13.1. The van der Waals surface area contributed by atoms with E-state index < -0.39 is 12.8 Å². The highest BCUT2D eigenvalue weighted by Crippen LogP contribution is 2.27. The van der Waals surface area contributed by atoms with Crippen LogP contribution in [0.15, 0.2) is 29.3 Å². The van der Waals surface area contributed by atoms with Crippen LogP contribution in [0, 0.1) is 5.92 Å². The molecule has 1 aromatic carbocycles. The quantitative estimate of drug-likeness (QED) is 0.597. The second-order valence-corrected chi connectivity index (χ2v) is 5.57. The predicted molar refractivity (Wildman–Crippen MR) is 83.5 cm³/mol. The molecule has 0 amide bonds. The van der Waals surface area contributed by atoms with E-state index in [0.29, 0.717) is 6.54 Å². The summed E-state index contributed by atoms with van der Waals surface area (Å²) in [5, 5.41) is 6.46. The van der Waals surface area contributed by atoms with Gasteiger partial charge >= 0.3 is 6.18 Å². The van der Waals surface area contributed by atoms with Gasteiger partial charge in [0.2, 0.25) is 0 Å². The van der Waals surface area contributed by atoms with Crippen molar-refractivity contribution in [1.29, 1.82) is 0 Å². The zero-order chi connectivity index (χ0) is 16.7. The number of nitrogens with one attached hydrogen (secondary N) is 2. The molecular weight excluding hydrogens is 307 g/mol. The highest BCUT2D eigenvalue weighted by atomic mass is 19.4. The van der Waals surface area contributed by atoms with Gasteiger partial charge in [-0.2, -0.15) is 13.2 Å². The minimum Gasteiger partial charge on any atom is -0.484 e. The highest BCUT2D eigenvalue weighted by molar-refractivity contribution is 5.79. The van der Waals surface area contributed by atoms with Crippen molar-refractivity contribution >= 4 is 5.96 Å². The van der Waals surface area contributed by atoms with Crippen molar-refractivity contribution in [3.63, 3.8) is 0 Å². The second kappa shape index (κ2) is 8.08. The molecule has 1 aromatic rings. The molecule has 1 saturated carbocycles. The first-order valence-electron chi connectivity index (χ1n) is 7.77. The Labute approximate surface area is 134 Å². The lowest BCUT2D eigenvalue weighted by atomic mass is 10.2. The number of guanidine groups is 1. The maximum Gasteiger partial charge on any atom is 0.422 e. The van der Waals surface area contributed by atoms with E-state index in [1.165, 1.54) is 25.0 Å². The molecule has 2 N–H and O–H groups in total. The van der Waals surface area contributed by atoms with Crippen LogP contribution in [0.4, 0.5) is 13.2 Å². The summed E-state index contributed by atoms with van der Waals surface area (Å²) in [4.78, 5) is 4.47. The van der Waals surface area contributed by atoms with Crippen molar-refractivity contribution in [1.82, 2.24) is 10.6 Å². The first kappa shape index (κ1) is 17.4. The Hall–Kier alpha value is -1.92. The smallest absolute Gasteiger partial charge is 0.422 e. The molecule has 0 spiro atoms. The van der Waals surface area contributed by atoms with Gasteiger partial charge < -0.3 is 15.4 Å². The van der Waals surface area contributed by atoms with E-state index in [1.807, 2.05) is 6.92 Å². The Morgan fingerprint density at radius 1 is 1.22 bits per heavy atom. The maximum atomic E-state index is 12.1. The molecule has 0 aromatic heterocycles. The Bertz CT molecular complexity index is 510. The Balaban J connectivity index is 1.83. The molecule has 1 aliphatic carbocycles. The van der Waals surface area contributed by atoms with Gasteiger partial charge in [-0.25, -0.2) is 4.99 Å². The van der Waals surface area contributed by atoms with Crippen LogP contribution in [0.1, 0.15) is 25.3 Å². The third kappa shape index (κ3) is 7.25. The van der Waals surface area contributed by atoms with Crippen LogP contribution >= 0.6 is 0 Å². The van der Waals surface area contributed by atoms with E-state index in [9.17, 15) is 13.2 Å². The Kier molecular flexibility index (Phi) is 6.12. The standard InChI is InChI=1S/C16H22F3N3O/c1-2-20-15(21-9-12-3-4-12)22-10-13-5-7-14(8-6-13)23-11-16(17,18)19/h5-8,12H,2-4,9-11H2,1H3,(H2,20,21,22). The van der Waals surface area contributed by atoms with E-state index in [2.05, 4.69) is 20.4 Å². The summed E-state index contributed by atoms with van der Waals surface area (Å²) in [5.74, 6) is 1.72. The van der Waals surface area contributed by atoms with Crippen LogP contribution in [0.2, 0.25) is 0 Å². The van der Waals surface area contributed by atoms with Crippen LogP contribution in [-0.2, 0) is 6.54 Å². The summed E-state index contributed by atoms with van der Waals surface area (Å²) >= 11 is 0. The van der Waals surface area contributed by atoms with Crippen LogP contribution in [0.5, 0.6) is 5.75 Å². The summed E-state index contributed by atoms with van der Waals surface area (Å²) in [7, 11) is 0. The molecule has 7 heteroatoms. The Morgan fingerprint density at radius 3 is 2.48 bits per heavy atom. The first-order valence-corrected chi connectivity index (χ1v) is 7.77. The van der Waals surface area contributed by atoms with Gasteiger partial charge in [-0.1, -0.05) is 12.1 Å². The van der Waals surface area contributed by atoms with E-state index in [0.717, 1.165) is 30.5 Å². The second-order valence-electron chi connectivity index (χ2n) is 5.57. The van der Waals surface area contributed by atoms with Crippen molar-refractivity contribution in [3.8, 4) is 5.75 Å². The number of halogens is 3. The van der Waals surface area contributed by atoms with Crippen LogP contribution in [0.25, 0.3) is 0 Å². The minimum atomic E-state index is -4.32. The maximum absolute atomic E-state index is 12.1. The number of ether oxygens (including phenoxy) is 1.